The number of carbonyl (C=O) groups is 1. The topological polar surface area (TPSA) is 130 Å². The molecule has 0 bridgehead atoms. The Morgan fingerprint density at radius 2 is 0.642 bits per heavy atom. The molecule has 1 amide bonds. The SMILES string of the molecule is CCCCCCCCCCCCCCCCCCCCCCCC(O)C(O)C(=O)NC(CO)C(O)C(O)CCCCCCCCCCCCCCCC. The molecule has 0 aliphatic rings. The second kappa shape index (κ2) is 40.9. The number of amides is 1. The van der Waals surface area contributed by atoms with Crippen LogP contribution in [0.3, 0.4) is 0 Å². The summed E-state index contributed by atoms with van der Waals surface area (Å²) in [5.41, 5.74) is 0. The second-order valence-corrected chi connectivity index (χ2v) is 16.6. The largest absolute Gasteiger partial charge is 0.394 e. The van der Waals surface area contributed by atoms with Crippen LogP contribution >= 0.6 is 0 Å². The van der Waals surface area contributed by atoms with Crippen molar-refractivity contribution in [2.45, 2.75) is 282 Å². The normalized spacial score (nSPS) is 14.6. The van der Waals surface area contributed by atoms with E-state index in [0.29, 0.717) is 12.8 Å². The maximum atomic E-state index is 12.6. The first-order valence-corrected chi connectivity index (χ1v) is 23.5. The molecule has 0 saturated heterocycles. The highest BCUT2D eigenvalue weighted by Crippen LogP contribution is 2.18. The first kappa shape index (κ1) is 52.3. The molecule has 5 atom stereocenters. The van der Waals surface area contributed by atoms with Crippen molar-refractivity contribution in [1.29, 1.82) is 0 Å². The van der Waals surface area contributed by atoms with Gasteiger partial charge in [-0.15, -0.1) is 0 Å². The highest BCUT2D eigenvalue weighted by atomic mass is 16.3. The maximum absolute atomic E-state index is 12.6. The molecule has 7 heteroatoms. The molecule has 0 fully saturated rings. The predicted molar refractivity (Wildman–Crippen MR) is 225 cm³/mol. The number of hydrogen-bond acceptors (Lipinski definition) is 6. The Balaban J connectivity index is 3.76. The fourth-order valence-corrected chi connectivity index (χ4v) is 7.61. The molecule has 0 spiro atoms. The summed E-state index contributed by atoms with van der Waals surface area (Å²) < 4.78 is 0. The van der Waals surface area contributed by atoms with Gasteiger partial charge in [-0.25, -0.2) is 0 Å². The van der Waals surface area contributed by atoms with E-state index >= 15 is 0 Å². The van der Waals surface area contributed by atoms with Crippen molar-refractivity contribution in [1.82, 2.24) is 5.32 Å². The molecule has 6 N–H and O–H groups in total. The lowest BCUT2D eigenvalue weighted by atomic mass is 9.98. The third-order valence-electron chi connectivity index (χ3n) is 11.4. The summed E-state index contributed by atoms with van der Waals surface area (Å²) in [5, 5.41) is 54.0. The van der Waals surface area contributed by atoms with Crippen molar-refractivity contribution in [3.05, 3.63) is 0 Å². The average Bonchev–Trinajstić information content (AvgIpc) is 3.16. The van der Waals surface area contributed by atoms with Gasteiger partial charge in [-0.1, -0.05) is 239 Å². The molecule has 0 rings (SSSR count). The van der Waals surface area contributed by atoms with E-state index in [1.165, 1.54) is 186 Å². The third-order valence-corrected chi connectivity index (χ3v) is 11.4. The highest BCUT2D eigenvalue weighted by molar-refractivity contribution is 5.81. The van der Waals surface area contributed by atoms with Crippen LogP contribution in [0.15, 0.2) is 0 Å². The van der Waals surface area contributed by atoms with Gasteiger partial charge in [0, 0.05) is 0 Å². The van der Waals surface area contributed by atoms with Gasteiger partial charge in [-0.2, -0.15) is 0 Å². The molecule has 5 unspecified atom stereocenters. The Hall–Kier alpha value is -0.730. The fraction of sp³-hybridized carbons (Fsp3) is 0.978. The van der Waals surface area contributed by atoms with Gasteiger partial charge in [0.05, 0.1) is 24.9 Å². The van der Waals surface area contributed by atoms with Gasteiger partial charge >= 0.3 is 0 Å². The van der Waals surface area contributed by atoms with Gasteiger partial charge in [-0.3, -0.25) is 4.79 Å². The van der Waals surface area contributed by atoms with Crippen molar-refractivity contribution in [3.8, 4) is 0 Å². The molecule has 0 aromatic carbocycles. The number of aliphatic hydroxyl groups is 5. The molecule has 0 aromatic rings. The number of nitrogens with one attached hydrogen (secondary N) is 1. The van der Waals surface area contributed by atoms with Gasteiger partial charge in [0.15, 0.2) is 6.10 Å². The summed E-state index contributed by atoms with van der Waals surface area (Å²) in [6, 6.07) is -1.10. The van der Waals surface area contributed by atoms with E-state index in [1.54, 1.807) is 0 Å². The highest BCUT2D eigenvalue weighted by Gasteiger charge is 2.31. The third kappa shape index (κ3) is 34.3. The van der Waals surface area contributed by atoms with Crippen LogP contribution in [0.4, 0.5) is 0 Å². The summed E-state index contributed by atoms with van der Waals surface area (Å²) in [6.07, 6.45) is 40.2. The van der Waals surface area contributed by atoms with E-state index in [0.717, 1.165) is 38.5 Å². The van der Waals surface area contributed by atoms with Gasteiger partial charge < -0.3 is 30.8 Å². The number of hydrogen-bond donors (Lipinski definition) is 6. The quantitative estimate of drug-likeness (QED) is 0.0344. The Morgan fingerprint density at radius 1 is 0.396 bits per heavy atom. The molecule has 0 aromatic heterocycles. The zero-order chi connectivity index (χ0) is 39.0. The average molecular weight is 756 g/mol. The van der Waals surface area contributed by atoms with Crippen molar-refractivity contribution in [2.24, 2.45) is 0 Å². The molecular weight excluding hydrogens is 663 g/mol. The van der Waals surface area contributed by atoms with Crippen LogP contribution in [0.5, 0.6) is 0 Å². The van der Waals surface area contributed by atoms with Gasteiger partial charge in [-0.05, 0) is 12.8 Å². The first-order valence-electron chi connectivity index (χ1n) is 23.5. The van der Waals surface area contributed by atoms with E-state index in [4.69, 9.17) is 0 Å². The van der Waals surface area contributed by atoms with Crippen LogP contribution < -0.4 is 5.32 Å². The van der Waals surface area contributed by atoms with Crippen LogP contribution in [-0.2, 0) is 4.79 Å². The van der Waals surface area contributed by atoms with E-state index in [2.05, 4.69) is 19.2 Å². The Morgan fingerprint density at radius 3 is 0.906 bits per heavy atom. The van der Waals surface area contributed by atoms with Gasteiger partial charge in [0.25, 0.3) is 5.91 Å². The van der Waals surface area contributed by atoms with Crippen molar-refractivity contribution in [2.75, 3.05) is 6.61 Å². The zero-order valence-corrected chi connectivity index (χ0v) is 35.4. The predicted octanol–water partition coefficient (Wildman–Crippen LogP) is 11.4. The van der Waals surface area contributed by atoms with Gasteiger partial charge in [0.1, 0.15) is 6.10 Å². The van der Waals surface area contributed by atoms with Gasteiger partial charge in [0.2, 0.25) is 0 Å². The summed E-state index contributed by atoms with van der Waals surface area (Å²) in [4.78, 5) is 12.6. The van der Waals surface area contributed by atoms with Crippen LogP contribution in [-0.4, -0.2) is 68.5 Å². The van der Waals surface area contributed by atoms with Crippen LogP contribution in [0.2, 0.25) is 0 Å². The molecule has 0 aliphatic heterocycles. The van der Waals surface area contributed by atoms with E-state index in [9.17, 15) is 30.3 Å². The minimum atomic E-state index is -1.63. The molecular formula is C46H93NO6. The lowest BCUT2D eigenvalue weighted by molar-refractivity contribution is -0.138. The summed E-state index contributed by atoms with van der Waals surface area (Å²) >= 11 is 0. The summed E-state index contributed by atoms with van der Waals surface area (Å²) in [7, 11) is 0. The van der Waals surface area contributed by atoms with E-state index < -0.39 is 43.0 Å². The number of unbranched alkanes of at least 4 members (excludes halogenated alkanes) is 33. The van der Waals surface area contributed by atoms with E-state index in [1.807, 2.05) is 0 Å². The number of carbonyl (C=O) groups excluding carboxylic acids is 1. The summed E-state index contributed by atoms with van der Waals surface area (Å²) in [6.45, 7) is 3.97. The number of aliphatic hydroxyl groups excluding tert-OH is 5. The summed E-state index contributed by atoms with van der Waals surface area (Å²) in [5.74, 6) is -0.831. The zero-order valence-electron chi connectivity index (χ0n) is 35.4. The standard InChI is InChI=1S/C46H93NO6/c1-3-5-7-9-11-13-15-17-19-20-21-22-23-24-25-27-29-31-33-35-37-39-43(50)45(52)46(53)47-41(40-48)44(51)42(49)38-36-34-32-30-28-26-18-16-14-12-10-8-6-4-2/h41-45,48-52H,3-40H2,1-2H3,(H,47,53). The monoisotopic (exact) mass is 756 g/mol. The van der Waals surface area contributed by atoms with Crippen LogP contribution in [0.25, 0.3) is 0 Å². The first-order chi connectivity index (χ1) is 25.9. The molecule has 0 radical (unpaired) electrons. The number of rotatable bonds is 43. The molecule has 7 nitrogen and oxygen atoms in total. The van der Waals surface area contributed by atoms with Crippen LogP contribution in [0.1, 0.15) is 251 Å². The molecule has 0 heterocycles. The van der Waals surface area contributed by atoms with Crippen LogP contribution in [0, 0.1) is 0 Å². The van der Waals surface area contributed by atoms with Crippen molar-refractivity contribution >= 4 is 5.91 Å². The molecule has 0 aliphatic carbocycles. The van der Waals surface area contributed by atoms with E-state index in [-0.39, 0.29) is 0 Å². The molecule has 318 valence electrons. The Labute approximate surface area is 329 Å². The lowest BCUT2D eigenvalue weighted by Crippen LogP contribution is -2.54. The Kier molecular flexibility index (Phi) is 40.4. The molecule has 0 saturated carbocycles. The maximum Gasteiger partial charge on any atom is 0.251 e. The second-order valence-electron chi connectivity index (χ2n) is 16.6. The minimum Gasteiger partial charge on any atom is -0.394 e. The fourth-order valence-electron chi connectivity index (χ4n) is 7.61. The lowest BCUT2D eigenvalue weighted by Gasteiger charge is -2.28. The van der Waals surface area contributed by atoms with Crippen molar-refractivity contribution in [3.63, 3.8) is 0 Å². The Bertz CT molecular complexity index is 739. The molecule has 53 heavy (non-hydrogen) atoms. The smallest absolute Gasteiger partial charge is 0.251 e. The van der Waals surface area contributed by atoms with Crippen molar-refractivity contribution < 1.29 is 30.3 Å². The minimum absolute atomic E-state index is 0.321.